The second kappa shape index (κ2) is 7.95. The van der Waals surface area contributed by atoms with Crippen LogP contribution in [0.25, 0.3) is 11.0 Å². The molecule has 1 N–H and O–H groups in total. The first kappa shape index (κ1) is 19.0. The molecule has 0 saturated carbocycles. The molecule has 3 aromatic rings. The third kappa shape index (κ3) is 3.94. The number of hydrogen-bond acceptors (Lipinski definition) is 5. The maximum absolute atomic E-state index is 12.5. The summed E-state index contributed by atoms with van der Waals surface area (Å²) in [6.45, 7) is 7.08. The Morgan fingerprint density at radius 1 is 1.21 bits per heavy atom. The van der Waals surface area contributed by atoms with Crippen molar-refractivity contribution in [1.29, 1.82) is 0 Å². The number of ether oxygens (including phenoxy) is 2. The van der Waals surface area contributed by atoms with Crippen molar-refractivity contribution < 1.29 is 14.3 Å². The molecule has 1 aromatic heterocycles. The first-order chi connectivity index (χ1) is 14.0. The van der Waals surface area contributed by atoms with Crippen molar-refractivity contribution in [3.8, 4) is 11.5 Å². The monoisotopic (exact) mass is 392 g/mol. The van der Waals surface area contributed by atoms with Crippen LogP contribution in [0.2, 0.25) is 0 Å². The zero-order valence-electron chi connectivity index (χ0n) is 16.9. The third-order valence-corrected chi connectivity index (χ3v) is 5.08. The topological polar surface area (TPSA) is 77.7 Å². The molecule has 1 aliphatic heterocycles. The fourth-order valence-electron chi connectivity index (χ4n) is 3.48. The Morgan fingerprint density at radius 3 is 2.86 bits per heavy atom. The fourth-order valence-corrected chi connectivity index (χ4v) is 3.48. The molecule has 0 radical (unpaired) electrons. The smallest absolute Gasteiger partial charge is 0.271 e. The lowest BCUT2D eigenvalue weighted by Crippen LogP contribution is -2.19. The summed E-state index contributed by atoms with van der Waals surface area (Å²) < 4.78 is 12.9. The predicted molar refractivity (Wildman–Crippen MR) is 112 cm³/mol. The normalized spacial score (nSPS) is 13.1. The summed E-state index contributed by atoms with van der Waals surface area (Å²) in [4.78, 5) is 17.0. The van der Waals surface area contributed by atoms with Gasteiger partial charge in [-0.15, -0.1) is 0 Å². The number of aryl methyl sites for hydroxylation is 3. The molecular formula is C22H24N4O3. The number of rotatable bonds is 6. The number of hydrazone groups is 1. The summed E-state index contributed by atoms with van der Waals surface area (Å²) >= 11 is 0. The van der Waals surface area contributed by atoms with Crippen LogP contribution in [-0.2, 0) is 13.0 Å². The van der Waals surface area contributed by atoms with E-state index in [4.69, 9.17) is 9.47 Å². The molecule has 2 aromatic carbocycles. The largest absolute Gasteiger partial charge is 0.454 e. The van der Waals surface area contributed by atoms with Crippen molar-refractivity contribution in [3.63, 3.8) is 0 Å². The highest BCUT2D eigenvalue weighted by atomic mass is 16.7. The van der Waals surface area contributed by atoms with Crippen LogP contribution in [0, 0.1) is 6.92 Å². The first-order valence-corrected chi connectivity index (χ1v) is 9.74. The van der Waals surface area contributed by atoms with Gasteiger partial charge in [0.25, 0.3) is 5.91 Å². The van der Waals surface area contributed by atoms with Crippen LogP contribution in [0.4, 0.5) is 0 Å². The zero-order valence-corrected chi connectivity index (χ0v) is 16.9. The van der Waals surface area contributed by atoms with Crippen LogP contribution in [0.5, 0.6) is 11.5 Å². The summed E-state index contributed by atoms with van der Waals surface area (Å²) in [5.74, 6) is 2.26. The molecule has 1 amide bonds. The minimum atomic E-state index is -0.238. The molecule has 4 rings (SSSR count). The van der Waals surface area contributed by atoms with Gasteiger partial charge < -0.3 is 14.0 Å². The lowest BCUT2D eigenvalue weighted by atomic mass is 10.1. The molecule has 0 aliphatic carbocycles. The van der Waals surface area contributed by atoms with Crippen LogP contribution in [0.3, 0.4) is 0 Å². The van der Waals surface area contributed by atoms with Crippen LogP contribution in [0.1, 0.15) is 42.0 Å². The van der Waals surface area contributed by atoms with Gasteiger partial charge in [0.2, 0.25) is 6.79 Å². The Kier molecular flexibility index (Phi) is 5.20. The van der Waals surface area contributed by atoms with E-state index in [0.717, 1.165) is 59.0 Å². The minimum Gasteiger partial charge on any atom is -0.454 e. The summed E-state index contributed by atoms with van der Waals surface area (Å²) in [6.07, 6.45) is 1.54. The summed E-state index contributed by atoms with van der Waals surface area (Å²) in [6, 6.07) is 11.5. The quantitative estimate of drug-likeness (QED) is 0.511. The van der Waals surface area contributed by atoms with Gasteiger partial charge in [-0.25, -0.2) is 10.4 Å². The van der Waals surface area contributed by atoms with E-state index < -0.39 is 0 Å². The Labute approximate surface area is 169 Å². The molecule has 1 aliphatic rings. The van der Waals surface area contributed by atoms with E-state index in [9.17, 15) is 4.79 Å². The molecule has 7 heteroatoms. The molecule has 29 heavy (non-hydrogen) atoms. The second-order valence-electron chi connectivity index (χ2n) is 7.08. The Morgan fingerprint density at radius 2 is 2.03 bits per heavy atom. The summed E-state index contributed by atoms with van der Waals surface area (Å²) in [5, 5.41) is 4.24. The highest BCUT2D eigenvalue weighted by Gasteiger charge is 2.13. The minimum absolute atomic E-state index is 0.238. The van der Waals surface area contributed by atoms with Crippen LogP contribution in [0.15, 0.2) is 41.5 Å². The van der Waals surface area contributed by atoms with E-state index in [1.54, 1.807) is 6.07 Å². The van der Waals surface area contributed by atoms with Crippen LogP contribution in [-0.4, -0.2) is 28.0 Å². The molecule has 0 atom stereocenters. The fraction of sp³-hybridized carbons (Fsp3) is 0.318. The van der Waals surface area contributed by atoms with Gasteiger partial charge in [-0.1, -0.05) is 6.07 Å². The van der Waals surface area contributed by atoms with E-state index in [1.807, 2.05) is 44.2 Å². The lowest BCUT2D eigenvalue weighted by Gasteiger charge is -2.05. The van der Waals surface area contributed by atoms with E-state index in [2.05, 4.69) is 27.0 Å². The van der Waals surface area contributed by atoms with Gasteiger partial charge in [0, 0.05) is 17.8 Å². The number of carbonyl (C=O) groups is 1. The molecular weight excluding hydrogens is 368 g/mol. The van der Waals surface area contributed by atoms with E-state index in [1.165, 1.54) is 0 Å². The molecule has 0 saturated heterocycles. The number of amides is 1. The molecule has 0 fully saturated rings. The Balaban J connectivity index is 1.37. The SMILES string of the molecule is CCn1c(C)nc2cc(C(=O)N/N=C(\C)CCc3ccc4c(c3)OCO4)ccc21. The summed E-state index contributed by atoms with van der Waals surface area (Å²) in [7, 11) is 0. The van der Waals surface area contributed by atoms with Crippen LogP contribution < -0.4 is 14.9 Å². The highest BCUT2D eigenvalue weighted by molar-refractivity contribution is 5.98. The van der Waals surface area contributed by atoms with E-state index in [0.29, 0.717) is 5.56 Å². The van der Waals surface area contributed by atoms with Gasteiger partial charge in [0.15, 0.2) is 11.5 Å². The van der Waals surface area contributed by atoms with Gasteiger partial charge in [0.1, 0.15) is 5.82 Å². The van der Waals surface area contributed by atoms with Gasteiger partial charge in [-0.2, -0.15) is 5.10 Å². The molecule has 2 heterocycles. The number of hydrogen-bond donors (Lipinski definition) is 1. The van der Waals surface area contributed by atoms with Crippen molar-refractivity contribution in [2.75, 3.05) is 6.79 Å². The lowest BCUT2D eigenvalue weighted by molar-refractivity contribution is 0.0955. The number of benzene rings is 2. The highest BCUT2D eigenvalue weighted by Crippen LogP contribution is 2.32. The predicted octanol–water partition coefficient (Wildman–Crippen LogP) is 3.83. The average Bonchev–Trinajstić information content (AvgIpc) is 3.32. The van der Waals surface area contributed by atoms with Crippen LogP contribution >= 0.6 is 0 Å². The van der Waals surface area contributed by atoms with E-state index >= 15 is 0 Å². The first-order valence-electron chi connectivity index (χ1n) is 9.74. The number of fused-ring (bicyclic) bond motifs is 2. The third-order valence-electron chi connectivity index (χ3n) is 5.08. The molecule has 0 bridgehead atoms. The van der Waals surface area contributed by atoms with Gasteiger partial charge >= 0.3 is 0 Å². The van der Waals surface area contributed by atoms with Crippen molar-refractivity contribution >= 4 is 22.7 Å². The number of carbonyl (C=O) groups excluding carboxylic acids is 1. The second-order valence-corrected chi connectivity index (χ2v) is 7.08. The van der Waals surface area contributed by atoms with Gasteiger partial charge in [0.05, 0.1) is 11.0 Å². The molecule has 150 valence electrons. The Hall–Kier alpha value is -3.35. The molecule has 0 unspecified atom stereocenters. The maximum Gasteiger partial charge on any atom is 0.271 e. The molecule has 0 spiro atoms. The van der Waals surface area contributed by atoms with Crippen molar-refractivity contribution in [1.82, 2.24) is 15.0 Å². The van der Waals surface area contributed by atoms with Crippen molar-refractivity contribution in [2.45, 2.75) is 40.2 Å². The number of nitrogens with zero attached hydrogens (tertiary/aromatic N) is 3. The van der Waals surface area contributed by atoms with E-state index in [-0.39, 0.29) is 12.7 Å². The average molecular weight is 392 g/mol. The number of aromatic nitrogens is 2. The van der Waals surface area contributed by atoms with Gasteiger partial charge in [-0.05, 0) is 69.5 Å². The van der Waals surface area contributed by atoms with Crippen molar-refractivity contribution in [3.05, 3.63) is 53.3 Å². The zero-order chi connectivity index (χ0) is 20.4. The Bertz CT molecular complexity index is 1100. The standard InChI is InChI=1S/C22H24N4O3/c1-4-26-15(3)23-18-12-17(8-9-19(18)26)22(27)25-24-14(2)5-6-16-7-10-20-21(11-16)29-13-28-20/h7-12H,4-6,13H2,1-3H3,(H,25,27)/b24-14+. The maximum atomic E-state index is 12.5. The number of imidazole rings is 1. The molecule has 7 nitrogen and oxygen atoms in total. The van der Waals surface area contributed by atoms with Gasteiger partial charge in [-0.3, -0.25) is 4.79 Å². The van der Waals surface area contributed by atoms with Crippen molar-refractivity contribution in [2.24, 2.45) is 5.10 Å². The number of nitrogens with one attached hydrogen (secondary N) is 1. The summed E-state index contributed by atoms with van der Waals surface area (Å²) in [5.41, 5.74) is 7.04.